The molecule has 3 aliphatic heterocycles. The lowest BCUT2D eigenvalue weighted by Crippen LogP contribution is -2.03. The summed E-state index contributed by atoms with van der Waals surface area (Å²) in [6.45, 7) is 6.30. The summed E-state index contributed by atoms with van der Waals surface area (Å²) in [7, 11) is 0. The number of aromatic nitrogens is 6. The average Bonchev–Trinajstić information content (AvgIpc) is 1.67. The minimum Gasteiger partial charge on any atom is -0.294 e. The second-order valence-corrected chi connectivity index (χ2v) is 38.0. The Balaban J connectivity index is 0.000000104. The highest BCUT2D eigenvalue weighted by Gasteiger charge is 2.29. The summed E-state index contributed by atoms with van der Waals surface area (Å²) in [6.07, 6.45) is 0. The molecule has 0 amide bonds. The molecule has 3 aliphatic rings. The number of hydrogen-bond donors (Lipinski definition) is 0. The predicted octanol–water partition coefficient (Wildman–Crippen LogP) is 34.5. The maximum atomic E-state index is 4.89. The number of hydrogen-bond acceptors (Lipinski definition) is 6. The van der Waals surface area contributed by atoms with E-state index in [4.69, 9.17) is 15.0 Å². The molecule has 6 heterocycles. The first kappa shape index (κ1) is 78.2. The topological polar surface area (TPSA) is 53.5 Å². The third kappa shape index (κ3) is 13.0. The van der Waals surface area contributed by atoms with Gasteiger partial charge in [0, 0.05) is 29.4 Å². The molecule has 0 aliphatic carbocycles. The maximum absolute atomic E-state index is 4.89. The van der Waals surface area contributed by atoms with E-state index in [0.29, 0.717) is 0 Å². The van der Waals surface area contributed by atoms with Gasteiger partial charge in [-0.2, -0.15) is 0 Å². The zero-order chi connectivity index (χ0) is 88.0. The summed E-state index contributed by atoms with van der Waals surface area (Å²) >= 11 is 5.53. The largest absolute Gasteiger partial charge is 0.294 e. The molecule has 0 saturated carbocycles. The quantitative estimate of drug-likeness (QED) is 0.134. The molecule has 624 valence electrons. The molecular weight excluding hydrogens is 1670 g/mol. The summed E-state index contributed by atoms with van der Waals surface area (Å²) < 4.78 is 6.94. The number of imidazole rings is 3. The van der Waals surface area contributed by atoms with Gasteiger partial charge in [0.15, 0.2) is 0 Å². The fourth-order valence-corrected chi connectivity index (χ4v) is 24.7. The van der Waals surface area contributed by atoms with Crippen LogP contribution in [0.4, 0.5) is 0 Å². The van der Waals surface area contributed by atoms with Gasteiger partial charge in [0.05, 0.1) is 50.2 Å². The number of rotatable bonds is 9. The van der Waals surface area contributed by atoms with Gasteiger partial charge in [-0.1, -0.05) is 375 Å². The molecule has 0 unspecified atom stereocenters. The lowest BCUT2D eigenvalue weighted by atomic mass is 9.84. The average molecular weight is 1750 g/mol. The summed E-state index contributed by atoms with van der Waals surface area (Å²) in [4.78, 5) is 22.1. The molecule has 3 aromatic heterocycles. The Labute approximate surface area is 781 Å². The van der Waals surface area contributed by atoms with E-state index < -0.39 is 0 Å². The van der Waals surface area contributed by atoms with E-state index in [2.05, 4.69) is 465 Å². The van der Waals surface area contributed by atoms with Gasteiger partial charge in [-0.05, 0) is 287 Å². The standard InChI is InChI=1S/C44H28N2S.2C40H26N2S/c1-27-45-38-16-9-17-40-44(38)46(27)39-23-21-33(26-41(39)47-40)43-35-15-8-7-14-34(35)42(32-19-18-29-12-5-6-13-30(29)24-32)36-22-20-31(25-37(36)43)28-10-3-2-4-11-28;1-25-41-34-19-10-20-36-40(34)42(25)35-22-21-28(24-37(35)43-36)27-13-9-14-29(23-27)39-32-17-7-5-15-30(32)38(26-11-3-2-4-12-26)31-16-6-8-18-33(31)39;1-25-41-34-16-9-17-36-40(34)42(25)35-23-22-29(24-37(35)43-36)26-18-20-28(21-19-26)39-32-14-7-5-12-30(32)38(27-10-3-2-4-11-27)31-13-6-8-15-33(31)39/h2-26H,1H3;2*2-24H,1H3. The minimum absolute atomic E-state index is 1.02. The number of aryl methyl sites for hydroxylation is 3. The van der Waals surface area contributed by atoms with E-state index in [1.54, 1.807) is 0 Å². The van der Waals surface area contributed by atoms with Gasteiger partial charge < -0.3 is 0 Å². The molecule has 0 radical (unpaired) electrons. The van der Waals surface area contributed by atoms with Gasteiger partial charge in [0.2, 0.25) is 0 Å². The zero-order valence-corrected chi connectivity index (χ0v) is 75.3. The molecule has 9 heteroatoms. The van der Waals surface area contributed by atoms with Gasteiger partial charge in [-0.3, -0.25) is 13.7 Å². The van der Waals surface area contributed by atoms with Crippen LogP contribution in [0.3, 0.4) is 0 Å². The number of nitrogens with zero attached hydrogens (tertiary/aromatic N) is 6. The van der Waals surface area contributed by atoms with Crippen molar-refractivity contribution in [3.63, 3.8) is 0 Å². The highest BCUT2D eigenvalue weighted by molar-refractivity contribution is 8.00. The Morgan fingerprint density at radius 1 is 0.165 bits per heavy atom. The number of para-hydroxylation sites is 3. The molecule has 133 heavy (non-hydrogen) atoms. The Morgan fingerprint density at radius 3 is 0.850 bits per heavy atom. The summed E-state index contributed by atoms with van der Waals surface area (Å²) in [5.74, 6) is 3.07. The van der Waals surface area contributed by atoms with Crippen LogP contribution < -0.4 is 0 Å². The highest BCUT2D eigenvalue weighted by atomic mass is 32.2. The molecule has 0 saturated heterocycles. The molecule has 0 spiro atoms. The van der Waals surface area contributed by atoms with Crippen LogP contribution >= 0.6 is 35.3 Å². The fourth-order valence-electron chi connectivity index (χ4n) is 21.3. The first-order chi connectivity index (χ1) is 65.7. The Morgan fingerprint density at radius 2 is 0.421 bits per heavy atom. The molecule has 0 atom stereocenters. The SMILES string of the molecule is Cc1nc2cccc3c2n1-c1ccc(-c2c4ccccc4c(-c4ccc5ccccc5c4)c4ccc(-c5ccccc5)cc24)cc1S3.Cc1nc2cccc3c2n1-c1ccc(-c2ccc(-c4c5ccccc5c(-c5ccccc5)c5ccccc45)cc2)cc1S3.Cc1nc2cccc3c2n1-c1ccc(-c2cccc(-c4c5ccccc5c(-c5ccccc5)c5ccccc45)c2)cc1S3. The summed E-state index contributed by atoms with van der Waals surface area (Å²) in [5, 5.41) is 17.8. The minimum atomic E-state index is 1.02. The molecule has 0 N–H and O–H groups in total. The molecule has 22 aromatic carbocycles. The van der Waals surface area contributed by atoms with Crippen molar-refractivity contribution < 1.29 is 0 Å². The van der Waals surface area contributed by atoms with Crippen LogP contribution in [0.5, 0.6) is 0 Å². The van der Waals surface area contributed by atoms with E-state index in [1.807, 2.05) is 35.3 Å². The first-order valence-electron chi connectivity index (χ1n) is 45.3. The van der Waals surface area contributed by atoms with Crippen molar-refractivity contribution in [3.05, 3.63) is 448 Å². The summed E-state index contributed by atoms with van der Waals surface area (Å²) in [6, 6.07) is 157. The smallest absolute Gasteiger partial charge is 0.111 e. The normalized spacial score (nSPS) is 12.2. The monoisotopic (exact) mass is 1750 g/mol. The molecule has 0 fully saturated rings. The van der Waals surface area contributed by atoms with E-state index in [0.717, 1.165) is 34.0 Å². The third-order valence-electron chi connectivity index (χ3n) is 27.1. The third-order valence-corrected chi connectivity index (χ3v) is 30.4. The van der Waals surface area contributed by atoms with Gasteiger partial charge in [-0.25, -0.2) is 15.0 Å². The number of fused-ring (bicyclic) bond motifs is 13. The fraction of sp³-hybridized carbons (Fsp3) is 0.0242. The van der Waals surface area contributed by atoms with Crippen molar-refractivity contribution in [2.24, 2.45) is 0 Å². The Hall–Kier alpha value is -15.9. The van der Waals surface area contributed by atoms with Gasteiger partial charge in [0.1, 0.15) is 17.5 Å². The summed E-state index contributed by atoms with van der Waals surface area (Å²) in [5.41, 5.74) is 32.9. The van der Waals surface area contributed by atoms with E-state index in [-0.39, 0.29) is 0 Å². The Bertz CT molecular complexity index is 9020. The van der Waals surface area contributed by atoms with Crippen molar-refractivity contribution >= 4 is 144 Å². The predicted molar refractivity (Wildman–Crippen MR) is 561 cm³/mol. The van der Waals surface area contributed by atoms with Crippen LogP contribution in [0.15, 0.2) is 460 Å². The Kier molecular flexibility index (Phi) is 18.7. The van der Waals surface area contributed by atoms with Crippen molar-refractivity contribution in [3.8, 4) is 117 Å². The molecular formula is C124H80N6S3. The lowest BCUT2D eigenvalue weighted by molar-refractivity contribution is 0.963. The van der Waals surface area contributed by atoms with Crippen molar-refractivity contribution in [2.45, 2.75) is 50.1 Å². The van der Waals surface area contributed by atoms with Crippen LogP contribution in [-0.2, 0) is 0 Å². The van der Waals surface area contributed by atoms with Crippen LogP contribution in [0.25, 0.3) is 226 Å². The molecule has 0 bridgehead atoms. The zero-order valence-electron chi connectivity index (χ0n) is 72.9. The first-order valence-corrected chi connectivity index (χ1v) is 47.8. The van der Waals surface area contributed by atoms with Gasteiger partial charge in [0.25, 0.3) is 0 Å². The molecule has 28 rings (SSSR count). The lowest BCUT2D eigenvalue weighted by Gasteiger charge is -2.22. The van der Waals surface area contributed by atoms with Crippen molar-refractivity contribution in [2.75, 3.05) is 0 Å². The second kappa shape index (κ2) is 31.8. The molecule has 25 aromatic rings. The maximum Gasteiger partial charge on any atom is 0.111 e. The van der Waals surface area contributed by atoms with Gasteiger partial charge >= 0.3 is 0 Å². The second-order valence-electron chi connectivity index (χ2n) is 34.8. The van der Waals surface area contributed by atoms with E-state index >= 15 is 0 Å². The van der Waals surface area contributed by atoms with Crippen molar-refractivity contribution in [1.29, 1.82) is 0 Å². The molecule has 6 nitrogen and oxygen atoms in total. The van der Waals surface area contributed by atoms with Crippen molar-refractivity contribution in [1.82, 2.24) is 28.7 Å². The number of benzene rings is 22. The highest BCUT2D eigenvalue weighted by Crippen LogP contribution is 2.54. The van der Waals surface area contributed by atoms with Gasteiger partial charge in [-0.15, -0.1) is 0 Å². The van der Waals surface area contributed by atoms with E-state index in [1.165, 1.54) is 239 Å². The van der Waals surface area contributed by atoms with Crippen LogP contribution in [-0.4, -0.2) is 28.7 Å². The van der Waals surface area contributed by atoms with Crippen LogP contribution in [0, 0.1) is 20.8 Å². The van der Waals surface area contributed by atoms with E-state index in [9.17, 15) is 0 Å². The van der Waals surface area contributed by atoms with Crippen LogP contribution in [0.1, 0.15) is 17.5 Å². The van der Waals surface area contributed by atoms with Crippen LogP contribution in [0.2, 0.25) is 0 Å².